The third-order valence-corrected chi connectivity index (χ3v) is 15.5. The molecule has 81 heavy (non-hydrogen) atoms. The Labute approximate surface area is 500 Å². The number of hydrogen-bond donors (Lipinski definition) is 1. The predicted octanol–water partition coefficient (Wildman–Crippen LogP) is 20.5. The fraction of sp³-hybridized carbons (Fsp3) is 0.746. The lowest BCUT2D eigenvalue weighted by molar-refractivity contribution is -0.870. The molecule has 0 saturated heterocycles. The molecule has 10 heteroatoms. The third-order valence-electron chi connectivity index (χ3n) is 14.5. The zero-order valence-corrected chi connectivity index (χ0v) is 54.4. The molecule has 0 rings (SSSR count). The van der Waals surface area contributed by atoms with Gasteiger partial charge in [0.2, 0.25) is 5.91 Å². The van der Waals surface area contributed by atoms with Crippen LogP contribution in [0.4, 0.5) is 0 Å². The molecule has 0 bridgehead atoms. The SMILES string of the molecule is CC/C=C\C/C=C\C/C=C\C/C=C\C/C=C\CCCCCCCCCCCCCC(=O)OC(/C=C\CCCCCCCCCCC)C(COP(=O)([O-])OCC[N+](C)(C)C)NC(=O)CCCCCCCCC/C=C\C/C=C\CCCCC. The number of nitrogens with one attached hydrogen (secondary N) is 1. The van der Waals surface area contributed by atoms with Crippen molar-refractivity contribution in [1.82, 2.24) is 5.32 Å². The van der Waals surface area contributed by atoms with Crippen molar-refractivity contribution in [3.05, 3.63) is 97.2 Å². The van der Waals surface area contributed by atoms with Gasteiger partial charge in [0.15, 0.2) is 0 Å². The van der Waals surface area contributed by atoms with Gasteiger partial charge >= 0.3 is 5.97 Å². The summed E-state index contributed by atoms with van der Waals surface area (Å²) in [5.74, 6) is -0.553. The molecule has 3 atom stereocenters. The topological polar surface area (TPSA) is 114 Å². The molecule has 0 saturated carbocycles. The van der Waals surface area contributed by atoms with Crippen LogP contribution in [0.2, 0.25) is 0 Å². The van der Waals surface area contributed by atoms with E-state index < -0.39 is 26.6 Å². The van der Waals surface area contributed by atoms with Crippen molar-refractivity contribution >= 4 is 19.7 Å². The number of ether oxygens (including phenoxy) is 1. The first-order valence-corrected chi connectivity index (χ1v) is 35.0. The molecule has 1 N–H and O–H groups in total. The molecule has 0 fully saturated rings. The lowest BCUT2D eigenvalue weighted by atomic mass is 10.0. The van der Waals surface area contributed by atoms with Gasteiger partial charge in [-0.1, -0.05) is 266 Å². The Kier molecular flexibility index (Phi) is 57.8. The van der Waals surface area contributed by atoms with Gasteiger partial charge in [0.1, 0.15) is 19.3 Å². The quantitative estimate of drug-likeness (QED) is 0.0212. The van der Waals surface area contributed by atoms with Crippen LogP contribution in [-0.4, -0.2) is 69.4 Å². The average Bonchev–Trinajstić information content (AvgIpc) is 3.44. The smallest absolute Gasteiger partial charge is 0.306 e. The van der Waals surface area contributed by atoms with Crippen molar-refractivity contribution in [1.29, 1.82) is 0 Å². The fourth-order valence-electron chi connectivity index (χ4n) is 9.34. The summed E-state index contributed by atoms with van der Waals surface area (Å²) < 4.78 is 30.4. The van der Waals surface area contributed by atoms with Crippen LogP contribution >= 0.6 is 7.82 Å². The van der Waals surface area contributed by atoms with E-state index in [0.29, 0.717) is 17.4 Å². The molecule has 0 aliphatic heterocycles. The number of esters is 1. The van der Waals surface area contributed by atoms with Gasteiger partial charge in [0.05, 0.1) is 33.8 Å². The summed E-state index contributed by atoms with van der Waals surface area (Å²) in [5.41, 5.74) is 0. The minimum absolute atomic E-state index is 0.0278. The number of phosphoric acid groups is 1. The van der Waals surface area contributed by atoms with Crippen molar-refractivity contribution < 1.29 is 37.3 Å². The summed E-state index contributed by atoms with van der Waals surface area (Å²) in [6, 6.07) is -0.898. The number of carbonyl (C=O) groups is 2. The molecule has 0 aliphatic rings. The molecule has 0 spiro atoms. The van der Waals surface area contributed by atoms with Crippen LogP contribution in [0, 0.1) is 0 Å². The Balaban J connectivity index is 5.06. The number of carbonyl (C=O) groups excluding carboxylic acids is 2. The molecule has 0 aliphatic carbocycles. The molecular formula is C71H127N2O7P. The lowest BCUT2D eigenvalue weighted by Crippen LogP contribution is -2.47. The van der Waals surface area contributed by atoms with E-state index >= 15 is 0 Å². The Morgan fingerprint density at radius 1 is 0.444 bits per heavy atom. The average molecular weight is 1150 g/mol. The van der Waals surface area contributed by atoms with Crippen LogP contribution < -0.4 is 10.2 Å². The van der Waals surface area contributed by atoms with Crippen LogP contribution in [0.25, 0.3) is 0 Å². The summed E-state index contributed by atoms with van der Waals surface area (Å²) in [6.07, 6.45) is 80.9. The van der Waals surface area contributed by atoms with Crippen LogP contribution in [0.3, 0.4) is 0 Å². The Bertz CT molecular complexity index is 1710. The number of nitrogens with zero attached hydrogens (tertiary/aromatic N) is 1. The maximum atomic E-state index is 13.5. The van der Waals surface area contributed by atoms with Crippen LogP contribution in [0.1, 0.15) is 290 Å². The number of phosphoric ester groups is 1. The van der Waals surface area contributed by atoms with E-state index in [1.165, 1.54) is 141 Å². The first-order valence-electron chi connectivity index (χ1n) is 33.5. The molecule has 0 heterocycles. The summed E-state index contributed by atoms with van der Waals surface area (Å²) in [4.78, 5) is 40.1. The lowest BCUT2D eigenvalue weighted by Gasteiger charge is -2.30. The largest absolute Gasteiger partial charge is 0.756 e. The van der Waals surface area contributed by atoms with Gasteiger partial charge in [-0.05, 0) is 109 Å². The normalized spacial score (nSPS) is 14.2. The number of unbranched alkanes of at least 4 members (excludes halogenated alkanes) is 30. The fourth-order valence-corrected chi connectivity index (χ4v) is 10.1. The Morgan fingerprint density at radius 3 is 1.21 bits per heavy atom. The first kappa shape index (κ1) is 77.9. The molecular weight excluding hydrogens is 1020 g/mol. The Morgan fingerprint density at radius 2 is 0.790 bits per heavy atom. The summed E-state index contributed by atoms with van der Waals surface area (Å²) >= 11 is 0. The van der Waals surface area contributed by atoms with Gasteiger partial charge in [-0.25, -0.2) is 0 Å². The van der Waals surface area contributed by atoms with E-state index in [1.807, 2.05) is 33.3 Å². The van der Waals surface area contributed by atoms with E-state index in [9.17, 15) is 19.0 Å². The van der Waals surface area contributed by atoms with Crippen molar-refractivity contribution in [2.24, 2.45) is 0 Å². The summed E-state index contributed by atoms with van der Waals surface area (Å²) in [6.45, 7) is 6.70. The maximum absolute atomic E-state index is 13.5. The number of quaternary nitrogens is 1. The highest BCUT2D eigenvalue weighted by molar-refractivity contribution is 7.45. The van der Waals surface area contributed by atoms with E-state index in [4.69, 9.17) is 13.8 Å². The van der Waals surface area contributed by atoms with Crippen LogP contribution in [0.15, 0.2) is 97.2 Å². The first-order chi connectivity index (χ1) is 39.4. The standard InChI is InChI=1S/C71H127N2O7P/c1-7-10-13-16-19-22-25-27-29-31-32-33-34-35-36-37-38-39-40-42-44-46-49-52-55-58-61-64-71(75)80-69(62-59-56-53-50-47-24-21-18-15-12-9-3)68(67-79-81(76,77)78-66-65-73(4,5)6)72-70(74)63-60-57-54-51-48-45-43-41-30-28-26-23-20-17-14-11-8-2/h10,13,19-20,22-23,27-30,32-33,35-36,59,62,68-69H,7-9,11-12,14-18,21,24-26,31,34,37-58,60-61,63-67H2,1-6H3,(H-,72,74,76,77)/b13-10-,22-19-,23-20-,29-27-,30-28-,33-32-,36-35-,62-59-. The van der Waals surface area contributed by atoms with E-state index in [1.54, 1.807) is 0 Å². The second-order valence-corrected chi connectivity index (χ2v) is 25.0. The number of hydrogen-bond acceptors (Lipinski definition) is 7. The third kappa shape index (κ3) is 61.3. The van der Waals surface area contributed by atoms with Gasteiger partial charge in [0, 0.05) is 12.8 Å². The zero-order chi connectivity index (χ0) is 59.3. The van der Waals surface area contributed by atoms with Crippen LogP contribution in [0.5, 0.6) is 0 Å². The predicted molar refractivity (Wildman–Crippen MR) is 348 cm³/mol. The van der Waals surface area contributed by atoms with Gasteiger partial charge < -0.3 is 28.5 Å². The minimum atomic E-state index is -4.71. The Hall–Kier alpha value is -3.07. The minimum Gasteiger partial charge on any atom is -0.756 e. The number of allylic oxidation sites excluding steroid dienone is 15. The van der Waals surface area contributed by atoms with Gasteiger partial charge in [-0.15, -0.1) is 0 Å². The van der Waals surface area contributed by atoms with Crippen molar-refractivity contribution in [2.45, 2.75) is 303 Å². The van der Waals surface area contributed by atoms with Crippen molar-refractivity contribution in [3.8, 4) is 0 Å². The second kappa shape index (κ2) is 60.1. The number of rotatable bonds is 60. The molecule has 0 aromatic rings. The molecule has 9 nitrogen and oxygen atoms in total. The van der Waals surface area contributed by atoms with Gasteiger partial charge in [-0.3, -0.25) is 14.2 Å². The highest BCUT2D eigenvalue weighted by atomic mass is 31.2. The second-order valence-electron chi connectivity index (χ2n) is 23.6. The summed E-state index contributed by atoms with van der Waals surface area (Å²) in [5, 5.41) is 3.03. The van der Waals surface area contributed by atoms with E-state index in [-0.39, 0.29) is 24.9 Å². The highest BCUT2D eigenvalue weighted by Crippen LogP contribution is 2.38. The summed E-state index contributed by atoms with van der Waals surface area (Å²) in [7, 11) is 1.17. The van der Waals surface area contributed by atoms with E-state index in [0.717, 1.165) is 116 Å². The van der Waals surface area contributed by atoms with Gasteiger partial charge in [-0.2, -0.15) is 0 Å². The molecule has 0 aromatic carbocycles. The van der Waals surface area contributed by atoms with E-state index in [2.05, 4.69) is 111 Å². The van der Waals surface area contributed by atoms with Crippen LogP contribution in [-0.2, 0) is 27.9 Å². The highest BCUT2D eigenvalue weighted by Gasteiger charge is 2.27. The van der Waals surface area contributed by atoms with Crippen molar-refractivity contribution in [2.75, 3.05) is 40.9 Å². The maximum Gasteiger partial charge on any atom is 0.306 e. The molecule has 1 amide bonds. The number of amides is 1. The molecule has 0 radical (unpaired) electrons. The van der Waals surface area contributed by atoms with Crippen molar-refractivity contribution in [3.63, 3.8) is 0 Å². The monoisotopic (exact) mass is 1150 g/mol. The molecule has 0 aromatic heterocycles. The molecule has 468 valence electrons. The molecule has 3 unspecified atom stereocenters. The van der Waals surface area contributed by atoms with Gasteiger partial charge in [0.25, 0.3) is 7.82 Å². The zero-order valence-electron chi connectivity index (χ0n) is 53.5. The number of likely N-dealkylation sites (N-methyl/N-ethyl adjacent to an activating group) is 1.